The van der Waals surface area contributed by atoms with Gasteiger partial charge in [-0.05, 0) is 19.8 Å². The number of rotatable bonds is 7. The zero-order valence-corrected chi connectivity index (χ0v) is 8.01. The minimum absolute atomic E-state index is 0.196. The molecule has 0 saturated heterocycles. The fourth-order valence-electron chi connectivity index (χ4n) is 1.06. The van der Waals surface area contributed by atoms with Crippen molar-refractivity contribution in [3.63, 3.8) is 0 Å². The second-order valence-corrected chi connectivity index (χ2v) is 3.32. The molecule has 12 heavy (non-hydrogen) atoms. The van der Waals surface area contributed by atoms with Gasteiger partial charge in [-0.3, -0.25) is 4.79 Å². The summed E-state index contributed by atoms with van der Waals surface area (Å²) in [6, 6.07) is 0. The Kier molecular flexibility index (Phi) is 6.63. The first kappa shape index (κ1) is 11.3. The highest BCUT2D eigenvalue weighted by Crippen LogP contribution is 2.10. The highest BCUT2D eigenvalue weighted by molar-refractivity contribution is 5.77. The van der Waals surface area contributed by atoms with Gasteiger partial charge in [-0.25, -0.2) is 0 Å². The summed E-state index contributed by atoms with van der Waals surface area (Å²) in [4.78, 5) is 20.8. The van der Waals surface area contributed by atoms with Crippen LogP contribution in [0.4, 0.5) is 0 Å². The Labute approximate surface area is 74.3 Å². The van der Waals surface area contributed by atoms with E-state index in [1.165, 1.54) is 0 Å². The van der Waals surface area contributed by atoms with Crippen molar-refractivity contribution in [2.24, 2.45) is 5.92 Å². The molecule has 2 nitrogen and oxygen atoms in total. The third kappa shape index (κ3) is 6.08. The predicted molar refractivity (Wildman–Crippen MR) is 49.0 cm³/mol. The van der Waals surface area contributed by atoms with E-state index in [9.17, 15) is 9.59 Å². The van der Waals surface area contributed by atoms with Crippen molar-refractivity contribution >= 4 is 12.1 Å². The molecule has 0 aromatic rings. The van der Waals surface area contributed by atoms with E-state index < -0.39 is 0 Å². The SMILES string of the molecule is CC(=O)C(C)CCCCCC=O. The predicted octanol–water partition coefficient (Wildman–Crippen LogP) is 2.36. The maximum Gasteiger partial charge on any atom is 0.132 e. The Morgan fingerprint density at radius 3 is 2.50 bits per heavy atom. The number of hydrogen-bond acceptors (Lipinski definition) is 2. The monoisotopic (exact) mass is 170 g/mol. The van der Waals surface area contributed by atoms with Gasteiger partial charge in [0.15, 0.2) is 0 Å². The summed E-state index contributed by atoms with van der Waals surface area (Å²) in [6.07, 6.45) is 5.68. The molecule has 0 aliphatic rings. The molecule has 0 aliphatic heterocycles. The Morgan fingerprint density at radius 2 is 2.00 bits per heavy atom. The molecule has 0 N–H and O–H groups in total. The van der Waals surface area contributed by atoms with Crippen LogP contribution in [0.5, 0.6) is 0 Å². The van der Waals surface area contributed by atoms with Crippen LogP contribution < -0.4 is 0 Å². The lowest BCUT2D eigenvalue weighted by molar-refractivity contribution is -0.120. The summed E-state index contributed by atoms with van der Waals surface area (Å²) < 4.78 is 0. The van der Waals surface area contributed by atoms with Crippen molar-refractivity contribution in [2.75, 3.05) is 0 Å². The molecule has 0 heterocycles. The molecular weight excluding hydrogens is 152 g/mol. The molecule has 0 aromatic heterocycles. The number of unbranched alkanes of at least 4 members (excludes halogenated alkanes) is 3. The van der Waals surface area contributed by atoms with E-state index in [2.05, 4.69) is 0 Å². The number of hydrogen-bond donors (Lipinski definition) is 0. The van der Waals surface area contributed by atoms with E-state index in [1.807, 2.05) is 6.92 Å². The minimum Gasteiger partial charge on any atom is -0.303 e. The number of carbonyl (C=O) groups excluding carboxylic acids is 2. The Hall–Kier alpha value is -0.660. The number of aldehydes is 1. The summed E-state index contributed by atoms with van der Waals surface area (Å²) in [6.45, 7) is 3.60. The van der Waals surface area contributed by atoms with Gasteiger partial charge in [0.05, 0.1) is 0 Å². The fraction of sp³-hybridized carbons (Fsp3) is 0.800. The molecule has 0 bridgehead atoms. The van der Waals surface area contributed by atoms with Crippen molar-refractivity contribution in [1.29, 1.82) is 0 Å². The van der Waals surface area contributed by atoms with Crippen LogP contribution >= 0.6 is 0 Å². The maximum absolute atomic E-state index is 10.8. The van der Waals surface area contributed by atoms with Crippen LogP contribution in [0.15, 0.2) is 0 Å². The van der Waals surface area contributed by atoms with Crippen molar-refractivity contribution in [3.05, 3.63) is 0 Å². The molecule has 1 atom stereocenters. The first-order valence-electron chi connectivity index (χ1n) is 4.62. The number of Topliss-reactive ketones (excluding diaryl/α,β-unsaturated/α-hetero) is 1. The van der Waals surface area contributed by atoms with E-state index in [0.717, 1.165) is 32.0 Å². The molecule has 0 saturated carbocycles. The second-order valence-electron chi connectivity index (χ2n) is 3.32. The van der Waals surface area contributed by atoms with Gasteiger partial charge in [-0.2, -0.15) is 0 Å². The van der Waals surface area contributed by atoms with Gasteiger partial charge in [-0.15, -0.1) is 0 Å². The summed E-state index contributed by atoms with van der Waals surface area (Å²) in [5.41, 5.74) is 0. The smallest absolute Gasteiger partial charge is 0.132 e. The van der Waals surface area contributed by atoms with Crippen molar-refractivity contribution in [1.82, 2.24) is 0 Å². The Bertz CT molecular complexity index is 141. The van der Waals surface area contributed by atoms with Gasteiger partial charge in [0.1, 0.15) is 12.1 Å². The quantitative estimate of drug-likeness (QED) is 0.434. The fourth-order valence-corrected chi connectivity index (χ4v) is 1.06. The summed E-state index contributed by atoms with van der Waals surface area (Å²) in [5, 5.41) is 0. The van der Waals surface area contributed by atoms with E-state index in [0.29, 0.717) is 6.42 Å². The highest BCUT2D eigenvalue weighted by atomic mass is 16.1. The molecule has 1 unspecified atom stereocenters. The second kappa shape index (κ2) is 7.01. The third-order valence-electron chi connectivity index (χ3n) is 2.15. The van der Waals surface area contributed by atoms with Crippen LogP contribution in [0.2, 0.25) is 0 Å². The van der Waals surface area contributed by atoms with Gasteiger partial charge in [-0.1, -0.05) is 19.8 Å². The van der Waals surface area contributed by atoms with Crippen LogP contribution in [0.1, 0.15) is 46.0 Å². The molecule has 0 aliphatic carbocycles. The lowest BCUT2D eigenvalue weighted by Gasteiger charge is -2.05. The van der Waals surface area contributed by atoms with Gasteiger partial charge < -0.3 is 4.79 Å². The van der Waals surface area contributed by atoms with Crippen LogP contribution in [-0.4, -0.2) is 12.1 Å². The van der Waals surface area contributed by atoms with Gasteiger partial charge in [0, 0.05) is 12.3 Å². The minimum atomic E-state index is 0.196. The van der Waals surface area contributed by atoms with Crippen molar-refractivity contribution in [2.45, 2.75) is 46.0 Å². The zero-order chi connectivity index (χ0) is 9.40. The molecule has 0 aromatic carbocycles. The summed E-state index contributed by atoms with van der Waals surface area (Å²) in [7, 11) is 0. The molecular formula is C10H18O2. The average molecular weight is 170 g/mol. The van der Waals surface area contributed by atoms with Gasteiger partial charge in [0.25, 0.3) is 0 Å². The molecule has 2 heteroatoms. The average Bonchev–Trinajstić information content (AvgIpc) is 2.03. The van der Waals surface area contributed by atoms with Crippen molar-refractivity contribution < 1.29 is 9.59 Å². The van der Waals surface area contributed by atoms with E-state index >= 15 is 0 Å². The zero-order valence-electron chi connectivity index (χ0n) is 8.01. The van der Waals surface area contributed by atoms with Crippen molar-refractivity contribution in [3.8, 4) is 0 Å². The molecule has 0 fully saturated rings. The Balaban J connectivity index is 3.19. The van der Waals surface area contributed by atoms with E-state index in [4.69, 9.17) is 0 Å². The first-order valence-corrected chi connectivity index (χ1v) is 4.62. The maximum atomic E-state index is 10.8. The number of carbonyl (C=O) groups is 2. The van der Waals surface area contributed by atoms with Gasteiger partial charge >= 0.3 is 0 Å². The molecule has 0 spiro atoms. The van der Waals surface area contributed by atoms with E-state index in [1.54, 1.807) is 6.92 Å². The molecule has 0 amide bonds. The summed E-state index contributed by atoms with van der Waals surface area (Å²) in [5.74, 6) is 0.464. The highest BCUT2D eigenvalue weighted by Gasteiger charge is 2.05. The van der Waals surface area contributed by atoms with Crippen LogP contribution in [0.3, 0.4) is 0 Å². The lowest BCUT2D eigenvalue weighted by atomic mass is 9.99. The normalized spacial score (nSPS) is 12.5. The van der Waals surface area contributed by atoms with Gasteiger partial charge in [0.2, 0.25) is 0 Å². The topological polar surface area (TPSA) is 34.1 Å². The molecule has 70 valence electrons. The largest absolute Gasteiger partial charge is 0.303 e. The summed E-state index contributed by atoms with van der Waals surface area (Å²) >= 11 is 0. The van der Waals surface area contributed by atoms with Crippen LogP contribution in [-0.2, 0) is 9.59 Å². The Morgan fingerprint density at radius 1 is 1.33 bits per heavy atom. The standard InChI is InChI=1S/C10H18O2/c1-9(10(2)12)7-5-3-4-6-8-11/h8-9H,3-7H2,1-2H3. The van der Waals surface area contributed by atoms with Crippen LogP contribution in [0, 0.1) is 5.92 Å². The first-order chi connectivity index (χ1) is 5.68. The molecule has 0 radical (unpaired) electrons. The molecule has 0 rings (SSSR count). The number of ketones is 1. The van der Waals surface area contributed by atoms with E-state index in [-0.39, 0.29) is 11.7 Å². The van der Waals surface area contributed by atoms with Crippen LogP contribution in [0.25, 0.3) is 0 Å². The lowest BCUT2D eigenvalue weighted by Crippen LogP contribution is -2.05. The third-order valence-corrected chi connectivity index (χ3v) is 2.15.